The third kappa shape index (κ3) is 3.47. The van der Waals surface area contributed by atoms with E-state index in [1.54, 1.807) is 11.0 Å². The third-order valence-corrected chi connectivity index (χ3v) is 4.97. The molecular weight excluding hydrogens is 355 g/mol. The Balaban J connectivity index is 2.03. The molecule has 0 amide bonds. The average molecular weight is 374 g/mol. The largest absolute Gasteiger partial charge is 0.417 e. The van der Waals surface area contributed by atoms with Gasteiger partial charge in [-0.25, -0.2) is 8.78 Å². The highest BCUT2D eigenvalue weighted by molar-refractivity contribution is 5.85. The first-order chi connectivity index (χ1) is 12.0. The number of likely N-dealkylation sites (tertiary alicyclic amines) is 1. The Kier molecular flexibility index (Phi) is 4.58. The number of hydrogen-bond donors (Lipinski definition) is 0. The van der Waals surface area contributed by atoms with E-state index in [1.165, 1.54) is 30.7 Å². The molecule has 2 heterocycles. The summed E-state index contributed by atoms with van der Waals surface area (Å²) >= 11 is 0. The number of piperidine rings is 1. The van der Waals surface area contributed by atoms with Crippen molar-refractivity contribution in [3.63, 3.8) is 0 Å². The van der Waals surface area contributed by atoms with Gasteiger partial charge in [0, 0.05) is 50.5 Å². The predicted molar refractivity (Wildman–Crippen MR) is 88.4 cm³/mol. The Morgan fingerprint density at radius 3 is 2.35 bits per heavy atom. The van der Waals surface area contributed by atoms with E-state index in [4.69, 9.17) is 0 Å². The van der Waals surface area contributed by atoms with Gasteiger partial charge in [0.05, 0.1) is 11.1 Å². The van der Waals surface area contributed by atoms with Crippen molar-refractivity contribution in [2.45, 2.75) is 38.4 Å². The van der Waals surface area contributed by atoms with E-state index < -0.39 is 23.2 Å². The highest BCUT2D eigenvalue weighted by Crippen LogP contribution is 2.36. The van der Waals surface area contributed by atoms with E-state index in [0.717, 1.165) is 0 Å². The van der Waals surface area contributed by atoms with Gasteiger partial charge in [0.25, 0.3) is 11.5 Å². The highest BCUT2D eigenvalue weighted by Gasteiger charge is 2.37. The van der Waals surface area contributed by atoms with Crippen molar-refractivity contribution in [2.75, 3.05) is 13.1 Å². The lowest BCUT2D eigenvalue weighted by Crippen LogP contribution is -2.38. The molecule has 8 heteroatoms. The van der Waals surface area contributed by atoms with Crippen LogP contribution in [0.25, 0.3) is 10.9 Å². The maximum Gasteiger partial charge on any atom is 0.417 e. The lowest BCUT2D eigenvalue weighted by atomic mass is 10.00. The molecule has 142 valence electrons. The van der Waals surface area contributed by atoms with E-state index in [1.807, 2.05) is 0 Å². The number of nitrogens with zero attached hydrogens (tertiary/aromatic N) is 2. The number of pyridine rings is 1. The molecule has 0 radical (unpaired) electrons. The van der Waals surface area contributed by atoms with Crippen LogP contribution in [-0.2, 0) is 19.8 Å². The number of benzene rings is 1. The maximum absolute atomic E-state index is 13.5. The minimum atomic E-state index is -4.65. The van der Waals surface area contributed by atoms with Crippen LogP contribution < -0.4 is 5.56 Å². The van der Waals surface area contributed by atoms with Gasteiger partial charge in [0.2, 0.25) is 0 Å². The molecule has 0 atom stereocenters. The lowest BCUT2D eigenvalue weighted by molar-refractivity contribution is -0.136. The zero-order valence-electron chi connectivity index (χ0n) is 14.5. The van der Waals surface area contributed by atoms with Gasteiger partial charge in [0.15, 0.2) is 0 Å². The van der Waals surface area contributed by atoms with Gasteiger partial charge in [-0.1, -0.05) is 6.07 Å². The summed E-state index contributed by atoms with van der Waals surface area (Å²) < 4.78 is 68.3. The maximum atomic E-state index is 13.5. The minimum absolute atomic E-state index is 0.0445. The molecule has 1 aliphatic heterocycles. The van der Waals surface area contributed by atoms with Crippen molar-refractivity contribution in [1.82, 2.24) is 9.47 Å². The number of alkyl halides is 5. The highest BCUT2D eigenvalue weighted by atomic mass is 19.4. The second-order valence-electron chi connectivity index (χ2n) is 6.85. The zero-order valence-corrected chi connectivity index (χ0v) is 14.5. The molecule has 1 saturated heterocycles. The fraction of sp³-hybridized carbons (Fsp3) is 0.500. The molecule has 2 aromatic rings. The molecule has 0 saturated carbocycles. The number of hydrogen-bond acceptors (Lipinski definition) is 2. The van der Waals surface area contributed by atoms with E-state index in [0.29, 0.717) is 12.1 Å². The fourth-order valence-electron chi connectivity index (χ4n) is 3.51. The van der Waals surface area contributed by atoms with Crippen molar-refractivity contribution < 1.29 is 22.0 Å². The van der Waals surface area contributed by atoms with Crippen LogP contribution in [-0.4, -0.2) is 28.5 Å². The Hall–Kier alpha value is -1.96. The van der Waals surface area contributed by atoms with E-state index in [2.05, 4.69) is 0 Å². The number of aryl methyl sites for hydroxylation is 1. The van der Waals surface area contributed by atoms with Gasteiger partial charge in [-0.05, 0) is 24.6 Å². The topological polar surface area (TPSA) is 25.2 Å². The Morgan fingerprint density at radius 2 is 1.77 bits per heavy atom. The minimum Gasteiger partial charge on any atom is -0.311 e. The van der Waals surface area contributed by atoms with Crippen LogP contribution in [0.3, 0.4) is 0 Å². The molecule has 1 aromatic carbocycles. The van der Waals surface area contributed by atoms with Gasteiger partial charge in [-0.2, -0.15) is 13.2 Å². The third-order valence-electron chi connectivity index (χ3n) is 4.97. The summed E-state index contributed by atoms with van der Waals surface area (Å²) in [5.41, 5.74) is -1.16. The van der Waals surface area contributed by atoms with Crippen LogP contribution in [0.2, 0.25) is 0 Å². The van der Waals surface area contributed by atoms with Gasteiger partial charge in [0.1, 0.15) is 0 Å². The van der Waals surface area contributed by atoms with Crippen LogP contribution in [0.5, 0.6) is 0 Å². The smallest absolute Gasteiger partial charge is 0.311 e. The van der Waals surface area contributed by atoms with Gasteiger partial charge in [-0.15, -0.1) is 0 Å². The Bertz CT molecular complexity index is 891. The number of halogens is 5. The van der Waals surface area contributed by atoms with Crippen LogP contribution in [0.4, 0.5) is 22.0 Å². The first-order valence-electron chi connectivity index (χ1n) is 8.29. The molecule has 3 rings (SSSR count). The summed E-state index contributed by atoms with van der Waals surface area (Å²) in [5, 5.41) is -0.0445. The van der Waals surface area contributed by atoms with E-state index in [-0.39, 0.29) is 42.4 Å². The lowest BCUT2D eigenvalue weighted by Gasteiger charge is -2.31. The first kappa shape index (κ1) is 18.8. The van der Waals surface area contributed by atoms with E-state index >= 15 is 0 Å². The summed E-state index contributed by atoms with van der Waals surface area (Å²) in [7, 11) is 1.43. The molecule has 0 aliphatic carbocycles. The number of aromatic nitrogens is 1. The van der Waals surface area contributed by atoms with Crippen LogP contribution in [0.1, 0.15) is 29.5 Å². The molecule has 1 aliphatic rings. The van der Waals surface area contributed by atoms with Gasteiger partial charge in [-0.3, -0.25) is 9.69 Å². The molecule has 26 heavy (non-hydrogen) atoms. The van der Waals surface area contributed by atoms with Gasteiger partial charge >= 0.3 is 6.18 Å². The number of rotatable bonds is 2. The van der Waals surface area contributed by atoms with Crippen molar-refractivity contribution in [2.24, 2.45) is 7.05 Å². The SMILES string of the molecule is Cc1c(C(F)(F)F)c2cc(CN3CCC(F)(F)CC3)ccc2n(C)c1=O. The summed E-state index contributed by atoms with van der Waals surface area (Å²) in [5.74, 6) is -2.67. The van der Waals surface area contributed by atoms with Crippen LogP contribution >= 0.6 is 0 Å². The number of fused-ring (bicyclic) bond motifs is 1. The van der Waals surface area contributed by atoms with Gasteiger partial charge < -0.3 is 4.57 Å². The zero-order chi connectivity index (χ0) is 19.3. The van der Waals surface area contributed by atoms with E-state index in [9.17, 15) is 26.7 Å². The Labute approximate surface area is 147 Å². The molecule has 1 aromatic heterocycles. The summed E-state index contributed by atoms with van der Waals surface area (Å²) in [6, 6.07) is 4.54. The normalized spacial score (nSPS) is 18.4. The monoisotopic (exact) mass is 374 g/mol. The summed E-state index contributed by atoms with van der Waals surface area (Å²) in [6.07, 6.45) is -5.15. The van der Waals surface area contributed by atoms with Crippen LogP contribution in [0.15, 0.2) is 23.0 Å². The molecule has 0 spiro atoms. The molecule has 0 N–H and O–H groups in total. The second kappa shape index (κ2) is 6.33. The quantitative estimate of drug-likeness (QED) is 0.740. The van der Waals surface area contributed by atoms with Crippen LogP contribution in [0, 0.1) is 6.92 Å². The molecule has 3 nitrogen and oxygen atoms in total. The average Bonchev–Trinajstić information content (AvgIpc) is 2.53. The standard InChI is InChI=1S/C18H19F5N2O/c1-11-15(18(21,22)23)13-9-12(3-4-14(13)24(2)16(11)26)10-25-7-5-17(19,20)6-8-25/h3-4,9H,5-8,10H2,1-2H3. The van der Waals surface area contributed by atoms with Crippen molar-refractivity contribution in [3.8, 4) is 0 Å². The molecule has 1 fully saturated rings. The first-order valence-corrected chi connectivity index (χ1v) is 8.29. The molecule has 0 bridgehead atoms. The fourth-order valence-corrected chi connectivity index (χ4v) is 3.51. The van der Waals surface area contributed by atoms with Crippen molar-refractivity contribution in [1.29, 1.82) is 0 Å². The molecule has 0 unspecified atom stereocenters. The summed E-state index contributed by atoms with van der Waals surface area (Å²) in [4.78, 5) is 13.9. The van der Waals surface area contributed by atoms with Crippen molar-refractivity contribution in [3.05, 3.63) is 45.2 Å². The Morgan fingerprint density at radius 1 is 1.15 bits per heavy atom. The predicted octanol–water partition coefficient (Wildman–Crippen LogP) is 4.10. The molecular formula is C18H19F5N2O. The summed E-state index contributed by atoms with van der Waals surface area (Å²) in [6.45, 7) is 1.86. The van der Waals surface area contributed by atoms with Crippen molar-refractivity contribution >= 4 is 10.9 Å². The second-order valence-corrected chi connectivity index (χ2v) is 6.85.